The van der Waals surface area contributed by atoms with Gasteiger partial charge in [-0.05, 0) is 55.5 Å². The van der Waals surface area contributed by atoms with Crippen molar-refractivity contribution in [3.05, 3.63) is 47.3 Å². The Morgan fingerprint density at radius 2 is 2.15 bits per heavy atom. The summed E-state index contributed by atoms with van der Waals surface area (Å²) in [7, 11) is 0. The molecule has 26 heavy (non-hydrogen) atoms. The van der Waals surface area contributed by atoms with Gasteiger partial charge in [0.05, 0.1) is 12.3 Å². The van der Waals surface area contributed by atoms with E-state index in [9.17, 15) is 4.79 Å². The van der Waals surface area contributed by atoms with Crippen LogP contribution in [0.1, 0.15) is 54.4 Å². The Kier molecular flexibility index (Phi) is 6.41. The van der Waals surface area contributed by atoms with Crippen LogP contribution in [-0.4, -0.2) is 41.9 Å². The van der Waals surface area contributed by atoms with Crippen molar-refractivity contribution in [2.45, 2.75) is 45.1 Å². The lowest BCUT2D eigenvalue weighted by Gasteiger charge is -2.10. The first-order valence-electron chi connectivity index (χ1n) is 9.38. The number of benzene rings is 1. The zero-order valence-corrected chi connectivity index (χ0v) is 15.5. The molecule has 2 aromatic rings. The smallest absolute Gasteiger partial charge is 0.273 e. The van der Waals surface area contributed by atoms with Crippen LogP contribution in [0.4, 0.5) is 5.69 Å². The molecule has 3 rings (SSSR count). The Bertz CT molecular complexity index is 703. The number of carbonyl (C=O) groups is 1. The molecule has 0 radical (unpaired) electrons. The highest BCUT2D eigenvalue weighted by molar-refractivity contribution is 6.02. The zero-order chi connectivity index (χ0) is 18.4. The van der Waals surface area contributed by atoms with Crippen LogP contribution >= 0.6 is 0 Å². The summed E-state index contributed by atoms with van der Waals surface area (Å²) in [5.74, 6) is 0.128. The molecular weight excluding hydrogens is 328 g/mol. The number of nitrogens with one attached hydrogen (secondary N) is 3. The first-order valence-corrected chi connectivity index (χ1v) is 9.38. The first kappa shape index (κ1) is 18.6. The molecule has 1 aliphatic rings. The minimum absolute atomic E-state index is 0.167. The van der Waals surface area contributed by atoms with Gasteiger partial charge in [0.2, 0.25) is 0 Å². The Labute approximate surface area is 154 Å². The number of hydrogen-bond donors (Lipinski definition) is 3. The SMILES string of the molecule is CC(C)c1cc(C(=O)Nc2ccc(CCCN[C@@H]3CCOC3)cc2)[nH]n1. The molecule has 1 aromatic heterocycles. The maximum absolute atomic E-state index is 12.3. The van der Waals surface area contributed by atoms with Crippen molar-refractivity contribution in [3.63, 3.8) is 0 Å². The number of carbonyl (C=O) groups excluding carboxylic acids is 1. The lowest BCUT2D eigenvalue weighted by atomic mass is 10.1. The van der Waals surface area contributed by atoms with Crippen molar-refractivity contribution >= 4 is 11.6 Å². The number of aromatic nitrogens is 2. The van der Waals surface area contributed by atoms with E-state index in [1.807, 2.05) is 26.0 Å². The van der Waals surface area contributed by atoms with E-state index in [4.69, 9.17) is 4.74 Å². The van der Waals surface area contributed by atoms with Gasteiger partial charge in [-0.15, -0.1) is 0 Å². The second-order valence-electron chi connectivity index (χ2n) is 7.13. The molecule has 1 aromatic carbocycles. The van der Waals surface area contributed by atoms with E-state index in [-0.39, 0.29) is 5.91 Å². The third-order valence-electron chi connectivity index (χ3n) is 4.65. The van der Waals surface area contributed by atoms with E-state index in [0.717, 1.165) is 50.4 Å². The van der Waals surface area contributed by atoms with Crippen molar-refractivity contribution in [2.24, 2.45) is 0 Å². The zero-order valence-electron chi connectivity index (χ0n) is 15.5. The fourth-order valence-corrected chi connectivity index (χ4v) is 3.00. The van der Waals surface area contributed by atoms with Gasteiger partial charge < -0.3 is 15.4 Å². The van der Waals surface area contributed by atoms with Gasteiger partial charge >= 0.3 is 0 Å². The topological polar surface area (TPSA) is 79.0 Å². The number of amides is 1. The Hall–Kier alpha value is -2.18. The summed E-state index contributed by atoms with van der Waals surface area (Å²) in [5, 5.41) is 13.4. The summed E-state index contributed by atoms with van der Waals surface area (Å²) in [6.45, 7) is 6.82. The number of aromatic amines is 1. The summed E-state index contributed by atoms with van der Waals surface area (Å²) < 4.78 is 5.36. The van der Waals surface area contributed by atoms with Crippen LogP contribution in [0.2, 0.25) is 0 Å². The first-order chi connectivity index (χ1) is 12.6. The minimum atomic E-state index is -0.167. The highest BCUT2D eigenvalue weighted by Crippen LogP contribution is 2.15. The van der Waals surface area contributed by atoms with Gasteiger partial charge in [0.15, 0.2) is 0 Å². The summed E-state index contributed by atoms with van der Waals surface area (Å²) in [5.41, 5.74) is 3.44. The predicted molar refractivity (Wildman–Crippen MR) is 103 cm³/mol. The Morgan fingerprint density at radius 1 is 1.35 bits per heavy atom. The van der Waals surface area contributed by atoms with E-state index in [1.54, 1.807) is 6.07 Å². The van der Waals surface area contributed by atoms with Crippen LogP contribution in [0.5, 0.6) is 0 Å². The Morgan fingerprint density at radius 3 is 2.81 bits per heavy atom. The molecule has 0 unspecified atom stereocenters. The van der Waals surface area contributed by atoms with Gasteiger partial charge in [0.1, 0.15) is 5.69 Å². The van der Waals surface area contributed by atoms with E-state index < -0.39 is 0 Å². The van der Waals surface area contributed by atoms with Gasteiger partial charge in [-0.1, -0.05) is 26.0 Å². The number of rotatable bonds is 8. The number of nitrogens with zero attached hydrogens (tertiary/aromatic N) is 1. The van der Waals surface area contributed by atoms with Gasteiger partial charge in [0, 0.05) is 18.3 Å². The molecular formula is C20H28N4O2. The lowest BCUT2D eigenvalue weighted by Crippen LogP contribution is -2.30. The largest absolute Gasteiger partial charge is 0.380 e. The predicted octanol–water partition coefficient (Wildman–Crippen LogP) is 3.10. The maximum atomic E-state index is 12.3. The number of ether oxygens (including phenoxy) is 1. The van der Waals surface area contributed by atoms with Crippen LogP contribution in [0.15, 0.2) is 30.3 Å². The average molecular weight is 356 g/mol. The van der Waals surface area contributed by atoms with Crippen LogP contribution in [0.3, 0.4) is 0 Å². The highest BCUT2D eigenvalue weighted by atomic mass is 16.5. The lowest BCUT2D eigenvalue weighted by molar-refractivity contribution is 0.102. The van der Waals surface area contributed by atoms with Gasteiger partial charge in [0.25, 0.3) is 5.91 Å². The van der Waals surface area contributed by atoms with Crippen LogP contribution in [0.25, 0.3) is 0 Å². The van der Waals surface area contributed by atoms with Crippen molar-refractivity contribution in [2.75, 3.05) is 25.1 Å². The van der Waals surface area contributed by atoms with E-state index >= 15 is 0 Å². The van der Waals surface area contributed by atoms with Crippen LogP contribution in [0, 0.1) is 0 Å². The highest BCUT2D eigenvalue weighted by Gasteiger charge is 2.14. The number of H-pyrrole nitrogens is 1. The molecule has 0 saturated carbocycles. The Balaban J connectivity index is 1.43. The molecule has 3 N–H and O–H groups in total. The van der Waals surface area contributed by atoms with Crippen LogP contribution < -0.4 is 10.6 Å². The summed E-state index contributed by atoms with van der Waals surface area (Å²) in [6.07, 6.45) is 3.23. The van der Waals surface area contributed by atoms with E-state index in [2.05, 4.69) is 33.0 Å². The summed E-state index contributed by atoms with van der Waals surface area (Å²) >= 11 is 0. The molecule has 1 fully saturated rings. The monoisotopic (exact) mass is 356 g/mol. The molecule has 0 aliphatic carbocycles. The van der Waals surface area contributed by atoms with Crippen molar-refractivity contribution in [1.29, 1.82) is 0 Å². The molecule has 0 spiro atoms. The molecule has 1 amide bonds. The molecule has 140 valence electrons. The van der Waals surface area contributed by atoms with E-state index in [1.165, 1.54) is 5.56 Å². The van der Waals surface area contributed by atoms with E-state index in [0.29, 0.717) is 17.7 Å². The second-order valence-corrected chi connectivity index (χ2v) is 7.13. The minimum Gasteiger partial charge on any atom is -0.380 e. The third-order valence-corrected chi connectivity index (χ3v) is 4.65. The van der Waals surface area contributed by atoms with Gasteiger partial charge in [-0.3, -0.25) is 9.89 Å². The number of anilines is 1. The quantitative estimate of drug-likeness (QED) is 0.635. The number of hydrogen-bond acceptors (Lipinski definition) is 4. The second kappa shape index (κ2) is 8.96. The fourth-order valence-electron chi connectivity index (χ4n) is 3.00. The number of aryl methyl sites for hydroxylation is 1. The molecule has 1 aliphatic heterocycles. The molecule has 1 saturated heterocycles. The van der Waals surface area contributed by atoms with Gasteiger partial charge in [-0.25, -0.2) is 0 Å². The van der Waals surface area contributed by atoms with Crippen molar-refractivity contribution in [3.8, 4) is 0 Å². The molecule has 1 atom stereocenters. The standard InChI is InChI=1S/C20H28N4O2/c1-14(2)18-12-19(24-23-18)20(25)22-16-7-5-15(6-8-16)4-3-10-21-17-9-11-26-13-17/h5-8,12,14,17,21H,3-4,9-11,13H2,1-2H3,(H,22,25)(H,23,24)/t17-/m1/s1. The van der Waals surface area contributed by atoms with Crippen molar-refractivity contribution < 1.29 is 9.53 Å². The van der Waals surface area contributed by atoms with Gasteiger partial charge in [-0.2, -0.15) is 5.10 Å². The van der Waals surface area contributed by atoms with Crippen LogP contribution in [-0.2, 0) is 11.2 Å². The molecule has 6 nitrogen and oxygen atoms in total. The third kappa shape index (κ3) is 5.16. The average Bonchev–Trinajstić information content (AvgIpc) is 3.32. The maximum Gasteiger partial charge on any atom is 0.273 e. The summed E-state index contributed by atoms with van der Waals surface area (Å²) in [6, 6.07) is 10.4. The molecule has 6 heteroatoms. The van der Waals surface area contributed by atoms with Crippen molar-refractivity contribution in [1.82, 2.24) is 15.5 Å². The summed E-state index contributed by atoms with van der Waals surface area (Å²) in [4.78, 5) is 12.3. The normalized spacial score (nSPS) is 17.0. The molecule has 2 heterocycles. The fraction of sp³-hybridized carbons (Fsp3) is 0.500. The molecule has 0 bridgehead atoms.